The van der Waals surface area contributed by atoms with Gasteiger partial charge in [0.25, 0.3) is 0 Å². The van der Waals surface area contributed by atoms with Crippen molar-refractivity contribution in [2.45, 2.75) is 12.8 Å². The van der Waals surface area contributed by atoms with Gasteiger partial charge in [-0.15, -0.1) is 0 Å². The van der Waals surface area contributed by atoms with Crippen LogP contribution >= 0.6 is 0 Å². The molecule has 0 spiro atoms. The Morgan fingerprint density at radius 3 is 2.72 bits per heavy atom. The van der Waals surface area contributed by atoms with Crippen LogP contribution in [0, 0.1) is 5.92 Å². The lowest BCUT2D eigenvalue weighted by atomic mass is 10.1. The van der Waals surface area contributed by atoms with E-state index in [1.54, 1.807) is 6.33 Å². The third-order valence-corrected chi connectivity index (χ3v) is 3.52. The number of nitrogens with zero attached hydrogens (tertiary/aromatic N) is 4. The number of hydrogen-bond acceptors (Lipinski definition) is 5. The van der Waals surface area contributed by atoms with Gasteiger partial charge in [-0.3, -0.25) is 0 Å². The third-order valence-electron chi connectivity index (χ3n) is 3.52. The second-order valence-electron chi connectivity index (χ2n) is 5.20. The molecule has 1 aromatic heterocycles. The minimum absolute atomic E-state index is 0.822. The zero-order valence-electron chi connectivity index (χ0n) is 11.6. The average Bonchev–Trinajstić information content (AvgIpc) is 2.89. The molecular weight excluding hydrogens is 226 g/mol. The highest BCUT2D eigenvalue weighted by atomic mass is 15.2. The van der Waals surface area contributed by atoms with Crippen LogP contribution in [0.15, 0.2) is 12.4 Å². The summed E-state index contributed by atoms with van der Waals surface area (Å²) in [4.78, 5) is 12.8. The molecule has 1 N–H and O–H groups in total. The summed E-state index contributed by atoms with van der Waals surface area (Å²) in [6, 6.07) is 2.03. The van der Waals surface area contributed by atoms with Gasteiger partial charge >= 0.3 is 0 Å². The maximum absolute atomic E-state index is 4.34. The van der Waals surface area contributed by atoms with E-state index < -0.39 is 0 Å². The number of nitrogens with one attached hydrogen (secondary N) is 1. The fourth-order valence-electron chi connectivity index (χ4n) is 2.24. The smallest absolute Gasteiger partial charge is 0.133 e. The van der Waals surface area contributed by atoms with Crippen LogP contribution in [0.3, 0.4) is 0 Å². The number of rotatable bonds is 5. The van der Waals surface area contributed by atoms with Crippen molar-refractivity contribution in [3.05, 3.63) is 12.4 Å². The fraction of sp³-hybridized carbons (Fsp3) is 0.692. The highest BCUT2D eigenvalue weighted by molar-refractivity contribution is 5.48. The highest BCUT2D eigenvalue weighted by Crippen LogP contribution is 2.17. The fourth-order valence-corrected chi connectivity index (χ4v) is 2.24. The molecule has 0 amide bonds. The molecule has 1 aliphatic rings. The van der Waals surface area contributed by atoms with Crippen molar-refractivity contribution < 1.29 is 0 Å². The van der Waals surface area contributed by atoms with Gasteiger partial charge in [-0.05, 0) is 31.8 Å². The lowest BCUT2D eigenvalue weighted by Crippen LogP contribution is -2.23. The Hall–Kier alpha value is -1.36. The summed E-state index contributed by atoms with van der Waals surface area (Å²) in [7, 11) is 6.09. The zero-order valence-corrected chi connectivity index (χ0v) is 11.6. The summed E-state index contributed by atoms with van der Waals surface area (Å²) in [6.07, 6.45) is 4.17. The van der Waals surface area contributed by atoms with Gasteiger partial charge in [0.1, 0.15) is 18.0 Å². The topological polar surface area (TPSA) is 44.3 Å². The van der Waals surface area contributed by atoms with Crippen LogP contribution in [0.4, 0.5) is 11.6 Å². The molecule has 0 aromatic carbocycles. The number of hydrogen-bond donors (Lipinski definition) is 1. The van der Waals surface area contributed by atoms with Crippen LogP contribution < -0.4 is 15.1 Å². The van der Waals surface area contributed by atoms with E-state index in [2.05, 4.69) is 27.2 Å². The van der Waals surface area contributed by atoms with E-state index >= 15 is 0 Å². The third kappa shape index (κ3) is 3.32. The Labute approximate surface area is 109 Å². The van der Waals surface area contributed by atoms with E-state index in [1.165, 1.54) is 25.9 Å². The summed E-state index contributed by atoms with van der Waals surface area (Å²) in [6.45, 7) is 3.39. The lowest BCUT2D eigenvalue weighted by Gasteiger charge is -2.21. The molecule has 1 atom stereocenters. The van der Waals surface area contributed by atoms with Crippen LogP contribution in [0.1, 0.15) is 12.8 Å². The quantitative estimate of drug-likeness (QED) is 0.842. The first-order chi connectivity index (χ1) is 8.66. The van der Waals surface area contributed by atoms with Crippen molar-refractivity contribution in [3.63, 3.8) is 0 Å². The maximum atomic E-state index is 4.34. The Balaban J connectivity index is 1.91. The molecule has 2 rings (SSSR count). The van der Waals surface area contributed by atoms with Gasteiger partial charge in [0.2, 0.25) is 0 Å². The van der Waals surface area contributed by atoms with Crippen LogP contribution in [-0.4, -0.2) is 50.7 Å². The molecule has 0 aliphatic carbocycles. The van der Waals surface area contributed by atoms with Gasteiger partial charge in [0, 0.05) is 33.8 Å². The first-order valence-corrected chi connectivity index (χ1v) is 6.58. The van der Waals surface area contributed by atoms with Gasteiger partial charge in [-0.25, -0.2) is 9.97 Å². The Morgan fingerprint density at radius 1 is 1.28 bits per heavy atom. The van der Waals surface area contributed by atoms with Crippen molar-refractivity contribution in [1.29, 1.82) is 0 Å². The summed E-state index contributed by atoms with van der Waals surface area (Å²) in [5.41, 5.74) is 0. The van der Waals surface area contributed by atoms with Gasteiger partial charge in [0.05, 0.1) is 0 Å². The highest BCUT2D eigenvalue weighted by Gasteiger charge is 2.15. The van der Waals surface area contributed by atoms with Gasteiger partial charge in [-0.2, -0.15) is 0 Å². The van der Waals surface area contributed by atoms with Crippen LogP contribution in [0.2, 0.25) is 0 Å². The number of anilines is 2. The molecule has 18 heavy (non-hydrogen) atoms. The van der Waals surface area contributed by atoms with Crippen molar-refractivity contribution in [2.24, 2.45) is 5.92 Å². The van der Waals surface area contributed by atoms with Crippen molar-refractivity contribution in [2.75, 3.05) is 50.6 Å². The van der Waals surface area contributed by atoms with Gasteiger partial charge in [-0.1, -0.05) is 0 Å². The van der Waals surface area contributed by atoms with Crippen molar-refractivity contribution >= 4 is 11.6 Å². The Kier molecular flexibility index (Phi) is 4.36. The summed E-state index contributed by atoms with van der Waals surface area (Å²) in [5.74, 6) is 2.77. The molecule has 1 aliphatic heterocycles. The summed E-state index contributed by atoms with van der Waals surface area (Å²) >= 11 is 0. The molecule has 2 heterocycles. The standard InChI is InChI=1S/C13H23N5/c1-17(2)12-8-13(16-10-15-12)18(3)7-5-11-4-6-14-9-11/h8,10-11,14H,4-7,9H2,1-3H3. The molecule has 1 unspecified atom stereocenters. The zero-order chi connectivity index (χ0) is 13.0. The van der Waals surface area contributed by atoms with E-state index in [4.69, 9.17) is 0 Å². The minimum Gasteiger partial charge on any atom is -0.363 e. The monoisotopic (exact) mass is 249 g/mol. The Morgan fingerprint density at radius 2 is 2.06 bits per heavy atom. The predicted octanol–water partition coefficient (Wildman–Crippen LogP) is 0.978. The molecule has 0 bridgehead atoms. The molecule has 1 saturated heterocycles. The second-order valence-corrected chi connectivity index (χ2v) is 5.20. The van der Waals surface area contributed by atoms with Crippen LogP contribution in [0.25, 0.3) is 0 Å². The largest absolute Gasteiger partial charge is 0.363 e. The van der Waals surface area contributed by atoms with E-state index in [1.807, 2.05) is 25.1 Å². The summed E-state index contributed by atoms with van der Waals surface area (Å²) in [5, 5.41) is 3.41. The predicted molar refractivity (Wildman–Crippen MR) is 75.2 cm³/mol. The van der Waals surface area contributed by atoms with Crippen molar-refractivity contribution in [1.82, 2.24) is 15.3 Å². The molecule has 0 saturated carbocycles. The molecule has 1 fully saturated rings. The van der Waals surface area contributed by atoms with Crippen molar-refractivity contribution in [3.8, 4) is 0 Å². The SMILES string of the molecule is CN(C)c1cc(N(C)CCC2CCNC2)ncn1. The first kappa shape index (κ1) is 13.1. The number of aromatic nitrogens is 2. The summed E-state index contributed by atoms with van der Waals surface area (Å²) < 4.78 is 0. The van der Waals surface area contributed by atoms with E-state index in [-0.39, 0.29) is 0 Å². The van der Waals surface area contributed by atoms with Gasteiger partial charge in [0.15, 0.2) is 0 Å². The van der Waals surface area contributed by atoms with Crippen LogP contribution in [0.5, 0.6) is 0 Å². The molecule has 5 heteroatoms. The lowest BCUT2D eigenvalue weighted by molar-refractivity contribution is 0.532. The average molecular weight is 249 g/mol. The second kappa shape index (κ2) is 6.00. The minimum atomic E-state index is 0.822. The first-order valence-electron chi connectivity index (χ1n) is 6.58. The van der Waals surface area contributed by atoms with E-state index in [0.29, 0.717) is 0 Å². The Bertz CT molecular complexity index is 373. The van der Waals surface area contributed by atoms with E-state index in [9.17, 15) is 0 Å². The van der Waals surface area contributed by atoms with Crippen LogP contribution in [-0.2, 0) is 0 Å². The van der Waals surface area contributed by atoms with Gasteiger partial charge < -0.3 is 15.1 Å². The molecule has 100 valence electrons. The molecule has 1 aromatic rings. The maximum Gasteiger partial charge on any atom is 0.133 e. The molecule has 5 nitrogen and oxygen atoms in total. The normalized spacial score (nSPS) is 18.9. The molecule has 0 radical (unpaired) electrons. The molecular formula is C13H23N5. The van der Waals surface area contributed by atoms with E-state index in [0.717, 1.165) is 24.1 Å².